The molecule has 0 radical (unpaired) electrons. The number of benzene rings is 2. The average Bonchev–Trinajstić information content (AvgIpc) is 2.75. The molecule has 0 aliphatic heterocycles. The standard InChI is InChI=1S/C26H32FNO/c1-4-5-25-24-12-6-18-16-21(29-3)11-13-22(18)23(24)14-15-26(25,2)17-28-20-9-7-19(27)8-10-20/h7-11,13,16-17,23-25H,4-6,12,14-15H2,1-3H3/t23-,24-,25+,26-/m1/s1. The van der Waals surface area contributed by atoms with Gasteiger partial charge in [-0.3, -0.25) is 4.99 Å². The van der Waals surface area contributed by atoms with Gasteiger partial charge < -0.3 is 4.74 Å². The Bertz CT molecular complexity index is 875. The minimum absolute atomic E-state index is 0.0928. The van der Waals surface area contributed by atoms with Crippen LogP contribution in [0.4, 0.5) is 10.1 Å². The molecule has 0 spiro atoms. The van der Waals surface area contributed by atoms with E-state index < -0.39 is 0 Å². The molecule has 4 atom stereocenters. The Morgan fingerprint density at radius 2 is 1.97 bits per heavy atom. The summed E-state index contributed by atoms with van der Waals surface area (Å²) in [4.78, 5) is 4.77. The van der Waals surface area contributed by atoms with Crippen molar-refractivity contribution in [1.82, 2.24) is 0 Å². The zero-order chi connectivity index (χ0) is 20.4. The molecular weight excluding hydrogens is 361 g/mol. The van der Waals surface area contributed by atoms with Gasteiger partial charge in [0.25, 0.3) is 0 Å². The summed E-state index contributed by atoms with van der Waals surface area (Å²) in [5.41, 5.74) is 3.95. The SMILES string of the molecule is CCC[C@H]1[C@@H]2CCc3cc(OC)ccc3[C@H]2CC[C@]1(C)C=Nc1ccc(F)cc1. The number of hydrogen-bond acceptors (Lipinski definition) is 2. The molecule has 154 valence electrons. The second kappa shape index (κ2) is 8.30. The third-order valence-corrected chi connectivity index (χ3v) is 7.31. The van der Waals surface area contributed by atoms with Gasteiger partial charge in [-0.1, -0.05) is 26.3 Å². The maximum atomic E-state index is 13.2. The van der Waals surface area contributed by atoms with Crippen molar-refractivity contribution in [3.05, 3.63) is 59.4 Å². The summed E-state index contributed by atoms with van der Waals surface area (Å²) in [5, 5.41) is 0. The van der Waals surface area contributed by atoms with Crippen molar-refractivity contribution in [3.8, 4) is 5.75 Å². The molecule has 0 unspecified atom stereocenters. The van der Waals surface area contributed by atoms with E-state index in [4.69, 9.17) is 9.73 Å². The Labute approximate surface area is 174 Å². The van der Waals surface area contributed by atoms with Crippen LogP contribution in [-0.2, 0) is 6.42 Å². The van der Waals surface area contributed by atoms with Gasteiger partial charge in [-0.05, 0) is 97.4 Å². The third kappa shape index (κ3) is 3.97. The molecule has 2 aliphatic rings. The number of ether oxygens (including phenoxy) is 1. The molecule has 2 aromatic rings. The molecule has 0 aromatic heterocycles. The van der Waals surface area contributed by atoms with Crippen LogP contribution in [0.1, 0.15) is 63.0 Å². The molecule has 0 saturated heterocycles. The molecule has 4 rings (SSSR count). The lowest BCUT2D eigenvalue weighted by atomic mass is 9.54. The van der Waals surface area contributed by atoms with Crippen LogP contribution in [0, 0.1) is 23.1 Å². The lowest BCUT2D eigenvalue weighted by molar-refractivity contribution is 0.0784. The van der Waals surface area contributed by atoms with Crippen LogP contribution in [-0.4, -0.2) is 13.3 Å². The topological polar surface area (TPSA) is 21.6 Å². The van der Waals surface area contributed by atoms with Crippen molar-refractivity contribution in [2.45, 2.75) is 58.3 Å². The van der Waals surface area contributed by atoms with Crippen LogP contribution in [0.3, 0.4) is 0 Å². The van der Waals surface area contributed by atoms with Gasteiger partial charge in [0.2, 0.25) is 0 Å². The van der Waals surface area contributed by atoms with Gasteiger partial charge in [-0.2, -0.15) is 0 Å². The Morgan fingerprint density at radius 1 is 1.17 bits per heavy atom. The highest BCUT2D eigenvalue weighted by Gasteiger charge is 2.47. The predicted octanol–water partition coefficient (Wildman–Crippen LogP) is 7.10. The minimum Gasteiger partial charge on any atom is -0.497 e. The monoisotopic (exact) mass is 393 g/mol. The molecule has 0 amide bonds. The first-order valence-electron chi connectivity index (χ1n) is 11.0. The summed E-state index contributed by atoms with van der Waals surface area (Å²) in [7, 11) is 1.75. The quantitative estimate of drug-likeness (QED) is 0.497. The van der Waals surface area contributed by atoms with Crippen LogP contribution in [0.5, 0.6) is 5.75 Å². The summed E-state index contributed by atoms with van der Waals surface area (Å²) in [6.45, 7) is 4.68. The van der Waals surface area contributed by atoms with Crippen molar-refractivity contribution in [3.63, 3.8) is 0 Å². The number of halogens is 1. The molecule has 0 heterocycles. The van der Waals surface area contributed by atoms with Gasteiger partial charge in [-0.25, -0.2) is 4.39 Å². The maximum Gasteiger partial charge on any atom is 0.123 e. The summed E-state index contributed by atoms with van der Waals surface area (Å²) in [6, 6.07) is 13.2. The van der Waals surface area contributed by atoms with Gasteiger partial charge >= 0.3 is 0 Å². The van der Waals surface area contributed by atoms with E-state index in [0.29, 0.717) is 17.8 Å². The Kier molecular flexibility index (Phi) is 5.76. The fraction of sp³-hybridized carbons (Fsp3) is 0.500. The van der Waals surface area contributed by atoms with E-state index in [9.17, 15) is 4.39 Å². The second-order valence-corrected chi connectivity index (χ2v) is 9.05. The van der Waals surface area contributed by atoms with Gasteiger partial charge in [0.05, 0.1) is 12.8 Å². The predicted molar refractivity (Wildman–Crippen MR) is 118 cm³/mol. The first-order chi connectivity index (χ1) is 14.0. The van der Waals surface area contributed by atoms with E-state index in [1.165, 1.54) is 43.4 Å². The van der Waals surface area contributed by atoms with E-state index in [-0.39, 0.29) is 11.2 Å². The zero-order valence-corrected chi connectivity index (χ0v) is 17.8. The van der Waals surface area contributed by atoms with Crippen LogP contribution >= 0.6 is 0 Å². The van der Waals surface area contributed by atoms with E-state index in [0.717, 1.165) is 24.3 Å². The maximum absolute atomic E-state index is 13.2. The summed E-state index contributed by atoms with van der Waals surface area (Å²) < 4.78 is 18.7. The summed E-state index contributed by atoms with van der Waals surface area (Å²) in [5.74, 6) is 2.74. The number of fused-ring (bicyclic) bond motifs is 3. The fourth-order valence-corrected chi connectivity index (χ4v) is 5.80. The van der Waals surface area contributed by atoms with Gasteiger partial charge in [0.1, 0.15) is 11.6 Å². The lowest BCUT2D eigenvalue weighted by Crippen LogP contribution is -2.43. The Balaban J connectivity index is 1.61. The van der Waals surface area contributed by atoms with Crippen molar-refractivity contribution in [1.29, 1.82) is 0 Å². The molecule has 2 aromatic carbocycles. The number of rotatable bonds is 5. The average molecular weight is 394 g/mol. The lowest BCUT2D eigenvalue weighted by Gasteiger charge is -2.50. The van der Waals surface area contributed by atoms with Crippen LogP contribution in [0.2, 0.25) is 0 Å². The normalized spacial score (nSPS) is 28.8. The molecular formula is C26H32FNO. The van der Waals surface area contributed by atoms with Crippen LogP contribution in [0.25, 0.3) is 0 Å². The van der Waals surface area contributed by atoms with E-state index >= 15 is 0 Å². The van der Waals surface area contributed by atoms with Crippen molar-refractivity contribution in [2.24, 2.45) is 22.2 Å². The minimum atomic E-state index is -0.211. The highest BCUT2D eigenvalue weighted by atomic mass is 19.1. The number of methoxy groups -OCH3 is 1. The molecule has 2 nitrogen and oxygen atoms in total. The molecule has 3 heteroatoms. The fourth-order valence-electron chi connectivity index (χ4n) is 5.80. The number of nitrogens with zero attached hydrogens (tertiary/aromatic N) is 1. The molecule has 29 heavy (non-hydrogen) atoms. The van der Waals surface area contributed by atoms with E-state index in [1.807, 2.05) is 0 Å². The number of hydrogen-bond donors (Lipinski definition) is 0. The van der Waals surface area contributed by atoms with Crippen molar-refractivity contribution in [2.75, 3.05) is 7.11 Å². The summed E-state index contributed by atoms with van der Waals surface area (Å²) in [6.07, 6.45) is 9.35. The molecule has 0 N–H and O–H groups in total. The Morgan fingerprint density at radius 3 is 2.69 bits per heavy atom. The highest BCUT2D eigenvalue weighted by molar-refractivity contribution is 5.70. The smallest absolute Gasteiger partial charge is 0.123 e. The largest absolute Gasteiger partial charge is 0.497 e. The first kappa shape index (κ1) is 20.1. The van der Waals surface area contributed by atoms with Gasteiger partial charge in [0.15, 0.2) is 0 Å². The van der Waals surface area contributed by atoms with Crippen LogP contribution < -0.4 is 4.74 Å². The second-order valence-electron chi connectivity index (χ2n) is 9.05. The molecule has 0 bridgehead atoms. The third-order valence-electron chi connectivity index (χ3n) is 7.31. The molecule has 1 fully saturated rings. The Hall–Kier alpha value is -2.16. The number of aliphatic imine (C=N–C) groups is 1. The van der Waals surface area contributed by atoms with Crippen LogP contribution in [0.15, 0.2) is 47.5 Å². The first-order valence-corrected chi connectivity index (χ1v) is 11.0. The molecule has 1 saturated carbocycles. The number of aryl methyl sites for hydroxylation is 1. The summed E-state index contributed by atoms with van der Waals surface area (Å²) >= 11 is 0. The van der Waals surface area contributed by atoms with Gasteiger partial charge in [-0.15, -0.1) is 0 Å². The van der Waals surface area contributed by atoms with E-state index in [2.05, 4.69) is 38.3 Å². The highest BCUT2D eigenvalue weighted by Crippen LogP contribution is 2.55. The van der Waals surface area contributed by atoms with E-state index in [1.54, 1.807) is 24.8 Å². The molecule has 2 aliphatic carbocycles. The van der Waals surface area contributed by atoms with Crippen molar-refractivity contribution < 1.29 is 9.13 Å². The van der Waals surface area contributed by atoms with Gasteiger partial charge in [0, 0.05) is 11.6 Å². The zero-order valence-electron chi connectivity index (χ0n) is 17.8. The van der Waals surface area contributed by atoms with Crippen molar-refractivity contribution >= 4 is 11.9 Å².